The molecular weight excluding hydrogens is 304 g/mol. The van der Waals surface area contributed by atoms with Crippen molar-refractivity contribution in [1.82, 2.24) is 14.7 Å². The number of hydrogen-bond donors (Lipinski definition) is 1. The van der Waals surface area contributed by atoms with Gasteiger partial charge >= 0.3 is 0 Å². The van der Waals surface area contributed by atoms with Crippen molar-refractivity contribution in [3.05, 3.63) is 35.4 Å². The Bertz CT molecular complexity index is 573. The molecule has 2 aliphatic rings. The van der Waals surface area contributed by atoms with Crippen LogP contribution in [0.5, 0.6) is 0 Å². The van der Waals surface area contributed by atoms with E-state index in [1.807, 2.05) is 17.0 Å². The third-order valence-electron chi connectivity index (χ3n) is 4.93. The first-order chi connectivity index (χ1) is 11.6. The Morgan fingerprint density at radius 2 is 1.46 bits per heavy atom. The first-order valence-corrected chi connectivity index (χ1v) is 8.73. The summed E-state index contributed by atoms with van der Waals surface area (Å²) in [6.45, 7) is 7.07. The minimum absolute atomic E-state index is 0.281. The lowest BCUT2D eigenvalue weighted by Crippen LogP contribution is -2.49. The van der Waals surface area contributed by atoms with E-state index in [0.29, 0.717) is 12.1 Å². The summed E-state index contributed by atoms with van der Waals surface area (Å²) in [7, 11) is 0. The third kappa shape index (κ3) is 4.33. The fraction of sp³-hybridized carbons (Fsp3) is 0.556. The molecule has 0 spiro atoms. The first-order valence-electron chi connectivity index (χ1n) is 8.73. The summed E-state index contributed by atoms with van der Waals surface area (Å²) < 4.78 is 0. The van der Waals surface area contributed by atoms with Gasteiger partial charge in [-0.15, -0.1) is 0 Å². The molecule has 2 amide bonds. The fourth-order valence-corrected chi connectivity index (χ4v) is 3.40. The number of primary amides is 1. The number of piperazine rings is 1. The van der Waals surface area contributed by atoms with Gasteiger partial charge in [0.1, 0.15) is 0 Å². The molecule has 3 rings (SSSR count). The third-order valence-corrected chi connectivity index (χ3v) is 4.93. The molecule has 0 aliphatic carbocycles. The smallest absolute Gasteiger partial charge is 0.248 e. The highest BCUT2D eigenvalue weighted by Gasteiger charge is 2.23. The quantitative estimate of drug-likeness (QED) is 0.855. The highest BCUT2D eigenvalue weighted by molar-refractivity contribution is 5.92. The number of benzene rings is 1. The molecule has 24 heavy (non-hydrogen) atoms. The lowest BCUT2D eigenvalue weighted by molar-refractivity contribution is -0.131. The van der Waals surface area contributed by atoms with Gasteiger partial charge in [-0.25, -0.2) is 0 Å². The van der Waals surface area contributed by atoms with E-state index < -0.39 is 5.91 Å². The van der Waals surface area contributed by atoms with Crippen LogP contribution in [0.2, 0.25) is 0 Å². The van der Waals surface area contributed by atoms with Gasteiger partial charge in [-0.05, 0) is 30.5 Å². The van der Waals surface area contributed by atoms with Crippen LogP contribution in [-0.2, 0) is 11.3 Å². The van der Waals surface area contributed by atoms with Crippen LogP contribution >= 0.6 is 0 Å². The molecular formula is C18H26N4O2. The zero-order valence-electron chi connectivity index (χ0n) is 14.1. The zero-order chi connectivity index (χ0) is 16.9. The van der Waals surface area contributed by atoms with E-state index in [2.05, 4.69) is 9.80 Å². The van der Waals surface area contributed by atoms with Crippen LogP contribution < -0.4 is 5.73 Å². The number of nitrogens with zero attached hydrogens (tertiary/aromatic N) is 3. The second-order valence-electron chi connectivity index (χ2n) is 6.70. The van der Waals surface area contributed by atoms with E-state index in [1.165, 1.54) is 5.56 Å². The van der Waals surface area contributed by atoms with Crippen molar-refractivity contribution >= 4 is 11.8 Å². The summed E-state index contributed by atoms with van der Waals surface area (Å²) in [5.74, 6) is -0.110. The van der Waals surface area contributed by atoms with Crippen LogP contribution in [0.25, 0.3) is 0 Å². The molecule has 0 atom stereocenters. The average molecular weight is 330 g/mol. The Kier molecular flexibility index (Phi) is 5.48. The molecule has 0 saturated carbocycles. The minimum atomic E-state index is -0.391. The monoisotopic (exact) mass is 330 g/mol. The molecule has 0 radical (unpaired) electrons. The molecule has 2 N–H and O–H groups in total. The van der Waals surface area contributed by atoms with Gasteiger partial charge in [0.2, 0.25) is 11.8 Å². The fourth-order valence-electron chi connectivity index (χ4n) is 3.40. The molecule has 2 saturated heterocycles. The predicted octanol–water partition coefficient (Wildman–Crippen LogP) is 0.526. The Morgan fingerprint density at radius 3 is 2.04 bits per heavy atom. The Hall–Kier alpha value is -1.92. The summed E-state index contributed by atoms with van der Waals surface area (Å²) >= 11 is 0. The van der Waals surface area contributed by atoms with Gasteiger partial charge in [0.05, 0.1) is 6.54 Å². The molecule has 2 aliphatic heterocycles. The van der Waals surface area contributed by atoms with Crippen molar-refractivity contribution < 1.29 is 9.59 Å². The molecule has 1 aromatic carbocycles. The van der Waals surface area contributed by atoms with Crippen LogP contribution in [0.15, 0.2) is 24.3 Å². The summed E-state index contributed by atoms with van der Waals surface area (Å²) in [6.07, 6.45) is 2.29. The average Bonchev–Trinajstić information content (AvgIpc) is 3.12. The SMILES string of the molecule is NC(=O)c1ccc(CN2CCN(CC(=O)N3CCCC3)CC2)cc1. The van der Waals surface area contributed by atoms with Gasteiger partial charge in [0.25, 0.3) is 0 Å². The maximum atomic E-state index is 12.2. The molecule has 0 bridgehead atoms. The molecule has 6 heteroatoms. The Labute approximate surface area is 143 Å². The highest BCUT2D eigenvalue weighted by atomic mass is 16.2. The summed E-state index contributed by atoms with van der Waals surface area (Å²) in [5, 5.41) is 0. The van der Waals surface area contributed by atoms with Crippen LogP contribution in [0, 0.1) is 0 Å². The Balaban J connectivity index is 1.43. The second-order valence-corrected chi connectivity index (χ2v) is 6.70. The minimum Gasteiger partial charge on any atom is -0.366 e. The van der Waals surface area contributed by atoms with Crippen molar-refractivity contribution in [2.45, 2.75) is 19.4 Å². The van der Waals surface area contributed by atoms with Crippen molar-refractivity contribution in [2.75, 3.05) is 45.8 Å². The van der Waals surface area contributed by atoms with Gasteiger partial charge in [-0.1, -0.05) is 12.1 Å². The second kappa shape index (κ2) is 7.77. The number of carbonyl (C=O) groups is 2. The van der Waals surface area contributed by atoms with Crippen molar-refractivity contribution in [3.8, 4) is 0 Å². The van der Waals surface area contributed by atoms with E-state index in [-0.39, 0.29) is 5.91 Å². The lowest BCUT2D eigenvalue weighted by Gasteiger charge is -2.35. The lowest BCUT2D eigenvalue weighted by atomic mass is 10.1. The van der Waals surface area contributed by atoms with Crippen molar-refractivity contribution in [2.24, 2.45) is 5.73 Å². The van der Waals surface area contributed by atoms with E-state index in [1.54, 1.807) is 12.1 Å². The number of rotatable bonds is 5. The summed E-state index contributed by atoms with van der Waals surface area (Å²) in [6, 6.07) is 7.48. The molecule has 2 fully saturated rings. The van der Waals surface area contributed by atoms with Crippen LogP contribution in [0.3, 0.4) is 0 Å². The highest BCUT2D eigenvalue weighted by Crippen LogP contribution is 2.12. The normalized spacial score (nSPS) is 19.6. The molecule has 2 heterocycles. The number of hydrogen-bond acceptors (Lipinski definition) is 4. The largest absolute Gasteiger partial charge is 0.366 e. The van der Waals surface area contributed by atoms with Gasteiger partial charge in [0.15, 0.2) is 0 Å². The van der Waals surface area contributed by atoms with E-state index in [9.17, 15) is 9.59 Å². The predicted molar refractivity (Wildman–Crippen MR) is 92.5 cm³/mol. The van der Waals surface area contributed by atoms with Crippen molar-refractivity contribution in [1.29, 1.82) is 0 Å². The standard InChI is InChI=1S/C18H26N4O2/c19-18(24)16-5-3-15(4-6-16)13-20-9-11-21(12-10-20)14-17(23)22-7-1-2-8-22/h3-6H,1-2,7-14H2,(H2,19,24). The van der Waals surface area contributed by atoms with Crippen molar-refractivity contribution in [3.63, 3.8) is 0 Å². The number of amides is 2. The van der Waals surface area contributed by atoms with Crippen LogP contribution in [-0.4, -0.2) is 72.3 Å². The molecule has 1 aromatic rings. The number of nitrogens with two attached hydrogens (primary N) is 1. The maximum absolute atomic E-state index is 12.2. The first kappa shape index (κ1) is 16.9. The summed E-state index contributed by atoms with van der Waals surface area (Å²) in [4.78, 5) is 29.9. The number of likely N-dealkylation sites (tertiary alicyclic amines) is 1. The number of carbonyl (C=O) groups excluding carboxylic acids is 2. The van der Waals surface area contributed by atoms with Gasteiger partial charge < -0.3 is 10.6 Å². The van der Waals surface area contributed by atoms with E-state index in [4.69, 9.17) is 5.73 Å². The van der Waals surface area contributed by atoms with Crippen LogP contribution in [0.1, 0.15) is 28.8 Å². The summed E-state index contributed by atoms with van der Waals surface area (Å²) in [5.41, 5.74) is 6.99. The zero-order valence-corrected chi connectivity index (χ0v) is 14.1. The van der Waals surface area contributed by atoms with Gasteiger partial charge in [-0.2, -0.15) is 0 Å². The molecule has 0 aromatic heterocycles. The van der Waals surface area contributed by atoms with E-state index in [0.717, 1.165) is 58.7 Å². The maximum Gasteiger partial charge on any atom is 0.248 e. The Morgan fingerprint density at radius 1 is 0.875 bits per heavy atom. The molecule has 0 unspecified atom stereocenters. The topological polar surface area (TPSA) is 69.9 Å². The molecule has 130 valence electrons. The van der Waals surface area contributed by atoms with Gasteiger partial charge in [0, 0.05) is 51.4 Å². The molecule has 6 nitrogen and oxygen atoms in total. The van der Waals surface area contributed by atoms with E-state index >= 15 is 0 Å². The van der Waals surface area contributed by atoms with Crippen LogP contribution in [0.4, 0.5) is 0 Å². The van der Waals surface area contributed by atoms with Gasteiger partial charge in [-0.3, -0.25) is 19.4 Å².